The zero-order chi connectivity index (χ0) is 30.6. The molecule has 5 rings (SSSR count). The first-order valence-corrected chi connectivity index (χ1v) is 13.7. The summed E-state index contributed by atoms with van der Waals surface area (Å²) in [5.74, 6) is 1.81. The summed E-state index contributed by atoms with van der Waals surface area (Å²) in [4.78, 5) is 24.3. The third kappa shape index (κ3) is 6.73. The van der Waals surface area contributed by atoms with Gasteiger partial charge in [0.05, 0.1) is 50.4 Å². The highest BCUT2D eigenvalue weighted by molar-refractivity contribution is 5.85. The van der Waals surface area contributed by atoms with Crippen LogP contribution >= 0.6 is 0 Å². The molecule has 0 spiro atoms. The van der Waals surface area contributed by atoms with E-state index in [1.54, 1.807) is 48.2 Å². The highest BCUT2D eigenvalue weighted by Crippen LogP contribution is 2.28. The van der Waals surface area contributed by atoms with Crippen molar-refractivity contribution in [1.29, 1.82) is 5.26 Å². The van der Waals surface area contributed by atoms with Gasteiger partial charge in [-0.3, -0.25) is 9.88 Å². The van der Waals surface area contributed by atoms with Crippen LogP contribution in [0.3, 0.4) is 0 Å². The molecule has 218 valence electrons. The Balaban J connectivity index is 1.46. The second-order valence-corrected chi connectivity index (χ2v) is 10.9. The molecule has 0 saturated heterocycles. The third-order valence-electron chi connectivity index (χ3n) is 6.60. The van der Waals surface area contributed by atoms with Crippen molar-refractivity contribution in [1.82, 2.24) is 24.6 Å². The number of rotatable bonds is 8. The van der Waals surface area contributed by atoms with Crippen LogP contribution in [0.5, 0.6) is 11.5 Å². The van der Waals surface area contributed by atoms with E-state index in [0.717, 1.165) is 27.7 Å². The maximum atomic E-state index is 13.4. The number of hydrogen-bond donors (Lipinski definition) is 0. The van der Waals surface area contributed by atoms with Gasteiger partial charge in [-0.25, -0.2) is 14.5 Å². The normalized spacial score (nSPS) is 11.2. The zero-order valence-electron chi connectivity index (χ0n) is 24.7. The smallest absolute Gasteiger partial charge is 0.410 e. The first-order valence-electron chi connectivity index (χ1n) is 13.7. The minimum absolute atomic E-state index is 0.211. The van der Waals surface area contributed by atoms with Gasteiger partial charge in [0.25, 0.3) is 0 Å². The van der Waals surface area contributed by atoms with Crippen LogP contribution in [-0.2, 0) is 17.8 Å². The Hall–Kier alpha value is -5.43. The lowest BCUT2D eigenvalue weighted by Crippen LogP contribution is -2.36. The minimum atomic E-state index is -0.672. The molecule has 0 fully saturated rings. The minimum Gasteiger partial charge on any atom is -0.497 e. The van der Waals surface area contributed by atoms with Crippen LogP contribution in [0, 0.1) is 11.3 Å². The number of nitrogens with zero attached hydrogens (tertiary/aromatic N) is 6. The Labute approximate surface area is 250 Å². The number of amides is 1. The molecule has 0 atom stereocenters. The zero-order valence-corrected chi connectivity index (χ0v) is 24.7. The molecule has 0 bridgehead atoms. The molecule has 0 aliphatic carbocycles. The predicted molar refractivity (Wildman–Crippen MR) is 162 cm³/mol. The van der Waals surface area contributed by atoms with E-state index >= 15 is 0 Å². The van der Waals surface area contributed by atoms with Crippen molar-refractivity contribution in [3.05, 3.63) is 95.9 Å². The molecule has 2 aromatic carbocycles. The first kappa shape index (κ1) is 29.1. The molecule has 5 aromatic rings. The van der Waals surface area contributed by atoms with Crippen LogP contribution in [0.15, 0.2) is 79.0 Å². The summed E-state index contributed by atoms with van der Waals surface area (Å²) in [6.45, 7) is 5.96. The van der Waals surface area contributed by atoms with Gasteiger partial charge < -0.3 is 14.2 Å². The van der Waals surface area contributed by atoms with Crippen LogP contribution in [0.25, 0.3) is 28.0 Å². The van der Waals surface area contributed by atoms with Crippen LogP contribution in [-0.4, -0.2) is 50.6 Å². The molecule has 0 N–H and O–H groups in total. The Bertz CT molecular complexity index is 1820. The Kier molecular flexibility index (Phi) is 8.25. The maximum Gasteiger partial charge on any atom is 0.410 e. The van der Waals surface area contributed by atoms with E-state index in [2.05, 4.69) is 16.2 Å². The van der Waals surface area contributed by atoms with Crippen molar-refractivity contribution in [2.24, 2.45) is 0 Å². The van der Waals surface area contributed by atoms with Gasteiger partial charge in [-0.2, -0.15) is 10.4 Å². The van der Waals surface area contributed by atoms with Gasteiger partial charge in [0.15, 0.2) is 5.82 Å². The van der Waals surface area contributed by atoms with E-state index in [4.69, 9.17) is 19.2 Å². The quantitative estimate of drug-likeness (QED) is 0.211. The summed E-state index contributed by atoms with van der Waals surface area (Å²) < 4.78 is 18.4. The van der Waals surface area contributed by atoms with Gasteiger partial charge in [0.2, 0.25) is 0 Å². The standard InChI is InChI=1S/C33H32N6O4/c1-33(2,3)43-32(40)38(20-24-14-15-27(41-4)17-30(24)42-5)21-26-9-6-10-28(36-26)22-12-13-23-19-35-39(29(23)16-22)31-11-7-8-25(18-34)37-31/h6-17,19H,20-21H2,1-5H3. The van der Waals surface area contributed by atoms with Crippen LogP contribution in [0.2, 0.25) is 0 Å². The molecule has 0 aliphatic heterocycles. The van der Waals surface area contributed by atoms with Gasteiger partial charge in [-0.1, -0.05) is 24.3 Å². The molecule has 0 unspecified atom stereocenters. The average Bonchev–Trinajstić information content (AvgIpc) is 3.43. The second-order valence-electron chi connectivity index (χ2n) is 10.9. The summed E-state index contributed by atoms with van der Waals surface area (Å²) in [6, 6.07) is 24.5. The number of fused-ring (bicyclic) bond motifs is 1. The number of nitriles is 1. The number of hydrogen-bond acceptors (Lipinski definition) is 8. The molecule has 0 aliphatic rings. The van der Waals surface area contributed by atoms with Gasteiger partial charge in [0, 0.05) is 22.6 Å². The molecule has 10 nitrogen and oxygen atoms in total. The highest BCUT2D eigenvalue weighted by atomic mass is 16.6. The number of benzene rings is 2. The maximum absolute atomic E-state index is 13.4. The number of carbonyl (C=O) groups excluding carboxylic acids is 1. The van der Waals surface area contributed by atoms with E-state index in [1.807, 2.05) is 75.4 Å². The summed E-state index contributed by atoms with van der Waals surface area (Å²) in [5, 5.41) is 14.7. The number of ether oxygens (including phenoxy) is 3. The van der Waals surface area contributed by atoms with E-state index in [1.165, 1.54) is 0 Å². The first-order chi connectivity index (χ1) is 20.7. The van der Waals surface area contributed by atoms with Crippen molar-refractivity contribution in [2.45, 2.75) is 39.5 Å². The summed E-state index contributed by atoms with van der Waals surface area (Å²) in [7, 11) is 3.18. The fourth-order valence-electron chi connectivity index (χ4n) is 4.59. The van der Waals surface area contributed by atoms with Crippen molar-refractivity contribution >= 4 is 17.0 Å². The van der Waals surface area contributed by atoms with E-state index in [9.17, 15) is 10.1 Å². The third-order valence-corrected chi connectivity index (χ3v) is 6.60. The van der Waals surface area contributed by atoms with Gasteiger partial charge >= 0.3 is 6.09 Å². The highest BCUT2D eigenvalue weighted by Gasteiger charge is 2.24. The van der Waals surface area contributed by atoms with Gasteiger partial charge in [-0.05, 0) is 63.2 Å². The van der Waals surface area contributed by atoms with E-state index in [-0.39, 0.29) is 13.1 Å². The molecule has 0 radical (unpaired) electrons. The van der Waals surface area contributed by atoms with Crippen molar-refractivity contribution in [2.75, 3.05) is 14.2 Å². The van der Waals surface area contributed by atoms with Crippen LogP contribution in [0.4, 0.5) is 4.79 Å². The van der Waals surface area contributed by atoms with Crippen LogP contribution in [0.1, 0.15) is 37.7 Å². The lowest BCUT2D eigenvalue weighted by Gasteiger charge is -2.28. The summed E-state index contributed by atoms with van der Waals surface area (Å²) in [6.07, 6.45) is 1.30. The van der Waals surface area contributed by atoms with Crippen molar-refractivity contribution < 1.29 is 19.0 Å². The van der Waals surface area contributed by atoms with Gasteiger partial charge in [0.1, 0.15) is 28.9 Å². The molecular formula is C33H32N6O4. The van der Waals surface area contributed by atoms with Gasteiger partial charge in [-0.15, -0.1) is 0 Å². The molecule has 3 heterocycles. The fraction of sp³-hybridized carbons (Fsp3) is 0.242. The van der Waals surface area contributed by atoms with E-state index < -0.39 is 11.7 Å². The second kappa shape index (κ2) is 12.2. The van der Waals surface area contributed by atoms with Crippen LogP contribution < -0.4 is 9.47 Å². The molecule has 43 heavy (non-hydrogen) atoms. The number of aromatic nitrogens is 4. The number of pyridine rings is 2. The Morgan fingerprint density at radius 1 is 0.953 bits per heavy atom. The SMILES string of the molecule is COc1ccc(CN(Cc2cccc(-c3ccc4cnn(-c5cccc(C#N)n5)c4c3)n2)C(=O)OC(C)(C)C)c(OC)c1. The van der Waals surface area contributed by atoms with Crippen molar-refractivity contribution in [3.63, 3.8) is 0 Å². The number of methoxy groups -OCH3 is 2. The lowest BCUT2D eigenvalue weighted by molar-refractivity contribution is 0.0213. The Morgan fingerprint density at radius 3 is 2.51 bits per heavy atom. The monoisotopic (exact) mass is 576 g/mol. The predicted octanol–water partition coefficient (Wildman–Crippen LogP) is 6.31. The fourth-order valence-corrected chi connectivity index (χ4v) is 4.59. The molecule has 3 aromatic heterocycles. The molecule has 0 saturated carbocycles. The van der Waals surface area contributed by atoms with Crippen molar-refractivity contribution in [3.8, 4) is 34.6 Å². The van der Waals surface area contributed by atoms with E-state index in [0.29, 0.717) is 28.7 Å². The molecule has 1 amide bonds. The average molecular weight is 577 g/mol. The topological polar surface area (TPSA) is 115 Å². The lowest BCUT2D eigenvalue weighted by atomic mass is 10.1. The molecule has 10 heteroatoms. The largest absolute Gasteiger partial charge is 0.497 e. The molecular weight excluding hydrogens is 544 g/mol. The Morgan fingerprint density at radius 2 is 1.77 bits per heavy atom. The summed E-state index contributed by atoms with van der Waals surface area (Å²) >= 11 is 0. The summed E-state index contributed by atoms with van der Waals surface area (Å²) in [5.41, 5.74) is 3.56. The number of carbonyl (C=O) groups is 1.